The summed E-state index contributed by atoms with van der Waals surface area (Å²) in [7, 11) is 0. The number of amides is 2. The molecule has 2 aromatic rings. The van der Waals surface area contributed by atoms with Gasteiger partial charge in [0.2, 0.25) is 0 Å². The van der Waals surface area contributed by atoms with Crippen molar-refractivity contribution in [1.29, 1.82) is 0 Å². The van der Waals surface area contributed by atoms with Crippen molar-refractivity contribution >= 4 is 35.4 Å². The molecule has 30 heavy (non-hydrogen) atoms. The molecule has 0 spiro atoms. The summed E-state index contributed by atoms with van der Waals surface area (Å²) in [5.41, 5.74) is 1.59. The average molecular weight is 445 g/mol. The van der Waals surface area contributed by atoms with Crippen LogP contribution in [0.2, 0.25) is 10.0 Å². The van der Waals surface area contributed by atoms with Crippen molar-refractivity contribution < 1.29 is 19.1 Å². The summed E-state index contributed by atoms with van der Waals surface area (Å²) in [4.78, 5) is 30.0. The molecular formula is C22H18Cl2N2O4. The fraction of sp³-hybridized carbons (Fsp3) is 0.364. The van der Waals surface area contributed by atoms with Crippen LogP contribution in [0.4, 0.5) is 9.59 Å². The minimum Gasteiger partial charge on any atom is -0.410 e. The van der Waals surface area contributed by atoms with E-state index in [-0.39, 0.29) is 24.3 Å². The third kappa shape index (κ3) is 2.50. The highest BCUT2D eigenvalue weighted by Crippen LogP contribution is 2.56. The number of carbonyl (C=O) groups excluding carboxylic acids is 2. The second-order valence-corrected chi connectivity index (χ2v) is 9.10. The fourth-order valence-corrected chi connectivity index (χ4v) is 5.94. The number of rotatable bonds is 0. The molecule has 3 heterocycles. The van der Waals surface area contributed by atoms with Gasteiger partial charge in [0.25, 0.3) is 0 Å². The van der Waals surface area contributed by atoms with Crippen LogP contribution in [0.3, 0.4) is 0 Å². The predicted octanol–water partition coefficient (Wildman–Crippen LogP) is 5.73. The Morgan fingerprint density at radius 3 is 1.60 bits per heavy atom. The molecule has 2 unspecified atom stereocenters. The van der Waals surface area contributed by atoms with Gasteiger partial charge in [-0.3, -0.25) is 9.80 Å². The molecule has 8 heteroatoms. The number of halogens is 2. The molecule has 1 aliphatic carbocycles. The van der Waals surface area contributed by atoms with Gasteiger partial charge in [-0.1, -0.05) is 36.0 Å². The normalized spacial score (nSPS) is 29.0. The van der Waals surface area contributed by atoms with Gasteiger partial charge in [-0.25, -0.2) is 9.59 Å². The number of piperazine rings is 1. The van der Waals surface area contributed by atoms with Gasteiger partial charge in [0.15, 0.2) is 0 Å². The van der Waals surface area contributed by atoms with Crippen molar-refractivity contribution in [3.05, 3.63) is 57.6 Å². The zero-order valence-corrected chi connectivity index (χ0v) is 17.4. The van der Waals surface area contributed by atoms with Gasteiger partial charge in [0.05, 0.1) is 24.2 Å². The Bertz CT molecular complexity index is 1010. The second kappa shape index (κ2) is 6.53. The van der Waals surface area contributed by atoms with Crippen molar-refractivity contribution in [2.24, 2.45) is 0 Å². The van der Waals surface area contributed by atoms with E-state index >= 15 is 0 Å². The smallest absolute Gasteiger partial charge is 0.410 e. The van der Waals surface area contributed by atoms with Crippen LogP contribution < -0.4 is 9.47 Å². The molecule has 2 fully saturated rings. The molecule has 1 saturated carbocycles. The maximum atomic E-state index is 13.2. The molecular weight excluding hydrogens is 427 g/mol. The number of nitrogens with zero attached hydrogens (tertiary/aromatic N) is 2. The van der Waals surface area contributed by atoms with Crippen LogP contribution in [0.15, 0.2) is 36.4 Å². The quantitative estimate of drug-likeness (QED) is 0.520. The third-order valence-electron chi connectivity index (χ3n) is 6.70. The van der Waals surface area contributed by atoms with Gasteiger partial charge in [0, 0.05) is 21.2 Å². The molecule has 0 bridgehead atoms. The van der Waals surface area contributed by atoms with Crippen molar-refractivity contribution in [1.82, 2.24) is 9.80 Å². The van der Waals surface area contributed by atoms with E-state index in [4.69, 9.17) is 32.7 Å². The van der Waals surface area contributed by atoms with Gasteiger partial charge >= 0.3 is 12.2 Å². The lowest BCUT2D eigenvalue weighted by molar-refractivity contribution is -0.0672. The first-order chi connectivity index (χ1) is 14.5. The van der Waals surface area contributed by atoms with E-state index in [0.29, 0.717) is 21.5 Å². The van der Waals surface area contributed by atoms with Crippen LogP contribution in [0.5, 0.6) is 11.5 Å². The van der Waals surface area contributed by atoms with Crippen molar-refractivity contribution in [2.45, 2.75) is 49.9 Å². The Morgan fingerprint density at radius 1 is 0.733 bits per heavy atom. The maximum Gasteiger partial charge on any atom is 0.416 e. The highest BCUT2D eigenvalue weighted by molar-refractivity contribution is 6.31. The molecule has 3 aliphatic heterocycles. The van der Waals surface area contributed by atoms with Gasteiger partial charge in [-0.2, -0.15) is 0 Å². The van der Waals surface area contributed by atoms with Gasteiger partial charge in [-0.05, 0) is 49.2 Å². The molecule has 154 valence electrons. The van der Waals surface area contributed by atoms with Crippen molar-refractivity contribution in [2.75, 3.05) is 0 Å². The first-order valence-corrected chi connectivity index (χ1v) is 10.9. The molecule has 0 radical (unpaired) electrons. The van der Waals surface area contributed by atoms with E-state index in [2.05, 4.69) is 0 Å². The Hall–Kier alpha value is -2.44. The fourth-order valence-electron chi connectivity index (χ4n) is 5.58. The van der Waals surface area contributed by atoms with Gasteiger partial charge in [0.1, 0.15) is 11.5 Å². The van der Waals surface area contributed by atoms with Gasteiger partial charge < -0.3 is 9.47 Å². The lowest BCUT2D eigenvalue weighted by Gasteiger charge is -2.58. The zero-order valence-electron chi connectivity index (χ0n) is 15.9. The van der Waals surface area contributed by atoms with Crippen molar-refractivity contribution in [3.63, 3.8) is 0 Å². The van der Waals surface area contributed by atoms with Crippen LogP contribution in [0.25, 0.3) is 0 Å². The Labute approximate surface area is 183 Å². The first-order valence-electron chi connectivity index (χ1n) is 10.1. The number of carbonyl (C=O) groups is 2. The highest BCUT2D eigenvalue weighted by atomic mass is 35.5. The number of fused-ring (bicyclic) bond motifs is 10. The Morgan fingerprint density at radius 2 is 1.17 bits per heavy atom. The number of hydrogen-bond donors (Lipinski definition) is 0. The van der Waals surface area contributed by atoms with E-state index in [9.17, 15) is 9.59 Å². The summed E-state index contributed by atoms with van der Waals surface area (Å²) < 4.78 is 11.4. The zero-order chi connectivity index (χ0) is 20.6. The first kappa shape index (κ1) is 18.3. The molecule has 6 nitrogen and oxygen atoms in total. The molecule has 4 aliphatic rings. The number of hydrogen-bond acceptors (Lipinski definition) is 4. The summed E-state index contributed by atoms with van der Waals surface area (Å²) in [5, 5.41) is 1.10. The second-order valence-electron chi connectivity index (χ2n) is 8.22. The monoisotopic (exact) mass is 444 g/mol. The summed E-state index contributed by atoms with van der Waals surface area (Å²) in [6.07, 6.45) is 2.85. The van der Waals surface area contributed by atoms with Gasteiger partial charge in [-0.15, -0.1) is 0 Å². The van der Waals surface area contributed by atoms with Crippen LogP contribution >= 0.6 is 23.2 Å². The molecule has 1 saturated heterocycles. The van der Waals surface area contributed by atoms with Crippen LogP contribution in [0, 0.1) is 0 Å². The minimum absolute atomic E-state index is 0.132. The summed E-state index contributed by atoms with van der Waals surface area (Å²) in [6, 6.07) is 9.36. The van der Waals surface area contributed by atoms with E-state index in [1.54, 1.807) is 24.3 Å². The molecule has 4 atom stereocenters. The number of benzene rings is 2. The van der Waals surface area contributed by atoms with E-state index < -0.39 is 12.1 Å². The van der Waals surface area contributed by atoms with Crippen LogP contribution in [0.1, 0.15) is 48.9 Å². The third-order valence-corrected chi connectivity index (χ3v) is 7.17. The maximum absolute atomic E-state index is 13.2. The van der Waals surface area contributed by atoms with E-state index in [1.807, 2.05) is 21.9 Å². The Balaban J connectivity index is 1.62. The Kier molecular flexibility index (Phi) is 3.99. The summed E-state index contributed by atoms with van der Waals surface area (Å²) in [6.45, 7) is 0. The topological polar surface area (TPSA) is 59.1 Å². The van der Waals surface area contributed by atoms with Crippen molar-refractivity contribution in [3.8, 4) is 11.5 Å². The lowest BCUT2D eigenvalue weighted by Crippen LogP contribution is -2.67. The predicted molar refractivity (Wildman–Crippen MR) is 110 cm³/mol. The minimum atomic E-state index is -0.427. The SMILES string of the molecule is O=C1Oc2ccc(Cl)cc2C2C3c4cc(Cl)ccc4OC(=O)N3[C@H]3CCCC[C@@H]3N12. The number of ether oxygens (including phenoxy) is 2. The van der Waals surface area contributed by atoms with Crippen LogP contribution in [-0.4, -0.2) is 34.1 Å². The molecule has 2 amide bonds. The highest BCUT2D eigenvalue weighted by Gasteiger charge is 2.57. The molecule has 0 N–H and O–H groups in total. The lowest BCUT2D eigenvalue weighted by atomic mass is 9.77. The standard InChI is InChI=1S/C22H18Cl2N2O4/c23-11-5-7-17-13(9-11)19-20-14-10-12(24)6-8-18(14)30-22(28)26(20)16-4-2-1-3-15(16)25(19)21(27)29-17/h5-10,15-16,19-20H,1-4H2/t15-,16-,19?,20?/m0/s1. The average Bonchev–Trinajstić information content (AvgIpc) is 2.74. The summed E-state index contributed by atoms with van der Waals surface area (Å²) in [5.74, 6) is 0.949. The molecule has 6 rings (SSSR count). The largest absolute Gasteiger partial charge is 0.416 e. The molecule has 2 aromatic carbocycles. The summed E-state index contributed by atoms with van der Waals surface area (Å²) >= 11 is 12.7. The van der Waals surface area contributed by atoms with Crippen LogP contribution in [-0.2, 0) is 0 Å². The van der Waals surface area contributed by atoms with E-state index in [1.165, 1.54) is 0 Å². The molecule has 0 aromatic heterocycles. The van der Waals surface area contributed by atoms with E-state index in [0.717, 1.165) is 36.8 Å².